The van der Waals surface area contributed by atoms with E-state index in [1.807, 2.05) is 60.7 Å². The van der Waals surface area contributed by atoms with Gasteiger partial charge in [-0.25, -0.2) is 9.97 Å². The average Bonchev–Trinajstić information content (AvgIpc) is 3.17. The molecule has 3 N–H and O–H groups in total. The Morgan fingerprint density at radius 3 is 2.49 bits per heavy atom. The topological polar surface area (TPSA) is 104 Å². The van der Waals surface area contributed by atoms with Crippen LogP contribution in [0.2, 0.25) is 5.02 Å². The lowest BCUT2D eigenvalue weighted by atomic mass is 10.2. The zero-order valence-electron chi connectivity index (χ0n) is 18.5. The summed E-state index contributed by atoms with van der Waals surface area (Å²) < 4.78 is 13.1. The molecule has 0 spiro atoms. The lowest BCUT2D eigenvalue weighted by Gasteiger charge is -2.19. The Morgan fingerprint density at radius 1 is 0.971 bits per heavy atom. The van der Waals surface area contributed by atoms with Crippen LogP contribution in [0, 0.1) is 0 Å². The van der Waals surface area contributed by atoms with E-state index in [2.05, 4.69) is 5.32 Å². The average molecular weight is 486 g/mol. The summed E-state index contributed by atoms with van der Waals surface area (Å²) in [5, 5.41) is 3.50. The van der Waals surface area contributed by atoms with Crippen LogP contribution in [-0.2, 0) is 6.54 Å². The Kier molecular flexibility index (Phi) is 5.15. The molecule has 0 saturated carbocycles. The Hall–Kier alpha value is -4.30. The Morgan fingerprint density at radius 2 is 1.69 bits per heavy atom. The number of benzene rings is 3. The molecule has 0 radical (unpaired) electrons. The van der Waals surface area contributed by atoms with Crippen molar-refractivity contribution in [2.75, 3.05) is 18.9 Å². The fourth-order valence-corrected chi connectivity index (χ4v) is 4.43. The zero-order valence-corrected chi connectivity index (χ0v) is 19.2. The van der Waals surface area contributed by atoms with Gasteiger partial charge < -0.3 is 20.5 Å². The molecule has 1 aliphatic rings. The second kappa shape index (κ2) is 8.48. The minimum absolute atomic E-state index is 0.226. The Labute approximate surface area is 205 Å². The van der Waals surface area contributed by atoms with Gasteiger partial charge in [0.15, 0.2) is 17.1 Å². The number of halogens is 1. The number of fused-ring (bicyclic) bond motifs is 3. The van der Waals surface area contributed by atoms with Crippen molar-refractivity contribution >= 4 is 45.5 Å². The van der Waals surface area contributed by atoms with Crippen molar-refractivity contribution in [3.63, 3.8) is 0 Å². The maximum atomic E-state index is 13.4. The molecule has 0 fully saturated rings. The van der Waals surface area contributed by atoms with E-state index in [0.717, 1.165) is 5.56 Å². The summed E-state index contributed by atoms with van der Waals surface area (Å²) in [5.74, 6) is 1.12. The minimum atomic E-state index is -0.367. The number of para-hydroxylation sites is 2. The molecule has 6 rings (SSSR count). The van der Waals surface area contributed by atoms with Gasteiger partial charge in [0.2, 0.25) is 0 Å². The Bertz CT molecular complexity index is 1610. The van der Waals surface area contributed by atoms with Crippen molar-refractivity contribution in [2.45, 2.75) is 6.54 Å². The van der Waals surface area contributed by atoms with Gasteiger partial charge in [-0.3, -0.25) is 9.36 Å². The van der Waals surface area contributed by atoms with Crippen molar-refractivity contribution in [2.24, 2.45) is 0 Å². The van der Waals surface area contributed by atoms with Crippen molar-refractivity contribution in [1.29, 1.82) is 0 Å². The minimum Gasteiger partial charge on any atom is -0.486 e. The van der Waals surface area contributed by atoms with Crippen LogP contribution in [0.4, 0.5) is 5.82 Å². The number of rotatable bonds is 4. The predicted octanol–water partition coefficient (Wildman–Crippen LogP) is 4.51. The van der Waals surface area contributed by atoms with Crippen LogP contribution >= 0.6 is 11.6 Å². The molecule has 9 heteroatoms. The summed E-state index contributed by atoms with van der Waals surface area (Å²) in [4.78, 5) is 23.0. The number of nitrogen functional groups attached to an aromatic ring is 1. The second-order valence-electron chi connectivity index (χ2n) is 8.08. The maximum Gasteiger partial charge on any atom is 0.257 e. The zero-order chi connectivity index (χ0) is 23.9. The largest absolute Gasteiger partial charge is 0.486 e. The fraction of sp³-hybridized carbons (Fsp3) is 0.115. The van der Waals surface area contributed by atoms with Crippen LogP contribution in [0.3, 0.4) is 0 Å². The second-order valence-corrected chi connectivity index (χ2v) is 8.49. The third-order valence-electron chi connectivity index (χ3n) is 5.91. The monoisotopic (exact) mass is 485 g/mol. The van der Waals surface area contributed by atoms with Crippen LogP contribution in [-0.4, -0.2) is 33.7 Å². The van der Waals surface area contributed by atoms with E-state index in [1.165, 1.54) is 0 Å². The highest BCUT2D eigenvalue weighted by molar-refractivity contribution is 6.31. The van der Waals surface area contributed by atoms with Gasteiger partial charge >= 0.3 is 0 Å². The molecule has 0 unspecified atom stereocenters. The molecule has 0 bridgehead atoms. The summed E-state index contributed by atoms with van der Waals surface area (Å²) in [5.41, 5.74) is 10.6. The first-order valence-electron chi connectivity index (χ1n) is 11.1. The number of aromatic nitrogens is 3. The number of anilines is 1. The molecule has 5 aromatic rings. The van der Waals surface area contributed by atoms with Crippen molar-refractivity contribution in [1.82, 2.24) is 19.9 Å². The van der Waals surface area contributed by atoms with Gasteiger partial charge in [-0.05, 0) is 35.9 Å². The molecule has 1 amide bonds. The summed E-state index contributed by atoms with van der Waals surface area (Å²) in [6, 6.07) is 20.3. The predicted molar refractivity (Wildman–Crippen MR) is 134 cm³/mol. The van der Waals surface area contributed by atoms with Gasteiger partial charge in [-0.1, -0.05) is 41.9 Å². The number of nitrogens with one attached hydrogen (secondary N) is 1. The number of hydrogen-bond acceptors (Lipinski definition) is 6. The summed E-state index contributed by atoms with van der Waals surface area (Å²) >= 11 is 6.26. The smallest absolute Gasteiger partial charge is 0.257 e. The Balaban J connectivity index is 1.50. The van der Waals surface area contributed by atoms with E-state index in [-0.39, 0.29) is 23.8 Å². The molecular formula is C26H20ClN5O3. The van der Waals surface area contributed by atoms with Gasteiger partial charge in [-0.2, -0.15) is 0 Å². The molecular weight excluding hydrogens is 466 g/mol. The number of amides is 1. The number of hydrogen-bond donors (Lipinski definition) is 2. The van der Waals surface area contributed by atoms with Crippen molar-refractivity contribution in [3.8, 4) is 17.2 Å². The van der Waals surface area contributed by atoms with E-state index in [9.17, 15) is 4.79 Å². The van der Waals surface area contributed by atoms with Crippen LogP contribution in [0.5, 0.6) is 11.5 Å². The third kappa shape index (κ3) is 3.68. The van der Waals surface area contributed by atoms with Crippen molar-refractivity contribution in [3.05, 3.63) is 82.9 Å². The maximum absolute atomic E-state index is 13.4. The van der Waals surface area contributed by atoms with E-state index in [0.29, 0.717) is 57.6 Å². The summed E-state index contributed by atoms with van der Waals surface area (Å²) in [6.07, 6.45) is 0. The standard InChI is InChI=1S/C26H20ClN5O3/c27-17-6-2-1-5-15(17)14-29-26(33)22-23-25(31-19-8-4-3-7-18(19)30-23)32(24(22)28)16-9-10-20-21(13-16)35-12-11-34-20/h1-10,13H,11-12,14,28H2,(H,29,33). The van der Waals surface area contributed by atoms with Gasteiger partial charge in [0, 0.05) is 17.6 Å². The highest BCUT2D eigenvalue weighted by atomic mass is 35.5. The van der Waals surface area contributed by atoms with Gasteiger partial charge in [0.1, 0.15) is 30.1 Å². The molecule has 3 heterocycles. The number of carbonyl (C=O) groups is 1. The van der Waals surface area contributed by atoms with Gasteiger partial charge in [-0.15, -0.1) is 0 Å². The normalized spacial score (nSPS) is 12.7. The van der Waals surface area contributed by atoms with Crippen LogP contribution in [0.15, 0.2) is 66.7 Å². The third-order valence-corrected chi connectivity index (χ3v) is 6.27. The highest BCUT2D eigenvalue weighted by Gasteiger charge is 2.26. The molecule has 0 saturated heterocycles. The van der Waals surface area contributed by atoms with Gasteiger partial charge in [0.05, 0.1) is 16.7 Å². The molecule has 0 atom stereocenters. The van der Waals surface area contributed by atoms with E-state index >= 15 is 0 Å². The molecule has 35 heavy (non-hydrogen) atoms. The molecule has 0 aliphatic carbocycles. The molecule has 2 aromatic heterocycles. The first-order valence-corrected chi connectivity index (χ1v) is 11.5. The quantitative estimate of drug-likeness (QED) is 0.388. The fourth-order valence-electron chi connectivity index (χ4n) is 4.22. The molecule has 174 valence electrons. The van der Waals surface area contributed by atoms with Crippen LogP contribution < -0.4 is 20.5 Å². The molecule has 1 aliphatic heterocycles. The number of nitrogens with two attached hydrogens (primary N) is 1. The highest BCUT2D eigenvalue weighted by Crippen LogP contribution is 2.36. The number of nitrogens with zero attached hydrogens (tertiary/aromatic N) is 3. The van der Waals surface area contributed by atoms with Gasteiger partial charge in [0.25, 0.3) is 5.91 Å². The lowest BCUT2D eigenvalue weighted by Crippen LogP contribution is -2.24. The first-order chi connectivity index (χ1) is 17.1. The van der Waals surface area contributed by atoms with E-state index in [4.69, 9.17) is 36.8 Å². The molecule has 8 nitrogen and oxygen atoms in total. The summed E-state index contributed by atoms with van der Waals surface area (Å²) in [6.45, 7) is 1.20. The number of carbonyl (C=O) groups excluding carboxylic acids is 1. The first kappa shape index (κ1) is 21.2. The van der Waals surface area contributed by atoms with Crippen LogP contribution in [0.25, 0.3) is 27.9 Å². The SMILES string of the molecule is Nc1c(C(=O)NCc2ccccc2Cl)c2nc3ccccc3nc2n1-c1ccc2c(c1)OCCO2. The van der Waals surface area contributed by atoms with E-state index in [1.54, 1.807) is 10.6 Å². The summed E-state index contributed by atoms with van der Waals surface area (Å²) in [7, 11) is 0. The number of ether oxygens (including phenoxy) is 2. The van der Waals surface area contributed by atoms with E-state index < -0.39 is 0 Å². The molecule has 3 aromatic carbocycles. The van der Waals surface area contributed by atoms with Crippen molar-refractivity contribution < 1.29 is 14.3 Å². The lowest BCUT2D eigenvalue weighted by molar-refractivity contribution is 0.0953. The van der Waals surface area contributed by atoms with Crippen LogP contribution in [0.1, 0.15) is 15.9 Å².